The monoisotopic (exact) mass is 387 g/mol. The van der Waals surface area contributed by atoms with Crippen LogP contribution in [0, 0.1) is 20.8 Å². The summed E-state index contributed by atoms with van der Waals surface area (Å²) in [7, 11) is 0. The molecule has 1 aliphatic heterocycles. The van der Waals surface area contributed by atoms with Gasteiger partial charge in [-0.25, -0.2) is 0 Å². The third kappa shape index (κ3) is 3.36. The first kappa shape index (κ1) is 18.5. The van der Waals surface area contributed by atoms with Crippen molar-refractivity contribution >= 4 is 39.8 Å². The van der Waals surface area contributed by atoms with Crippen LogP contribution in [0.4, 0.5) is 4.79 Å². The lowest BCUT2D eigenvalue weighted by Gasteiger charge is -2.14. The van der Waals surface area contributed by atoms with E-state index in [4.69, 9.17) is 0 Å². The first-order valence-corrected chi connectivity index (χ1v) is 10.1. The second kappa shape index (κ2) is 7.28. The second-order valence-electron chi connectivity index (χ2n) is 7.22. The lowest BCUT2D eigenvalue weighted by molar-refractivity contribution is -0.123. The van der Waals surface area contributed by atoms with Crippen molar-refractivity contribution in [1.82, 2.24) is 4.90 Å². The minimum atomic E-state index is -0.220. The molecule has 3 aromatic rings. The smallest absolute Gasteiger partial charge is 0.268 e. The van der Waals surface area contributed by atoms with E-state index >= 15 is 0 Å². The molecule has 3 nitrogen and oxygen atoms in total. The van der Waals surface area contributed by atoms with E-state index in [1.807, 2.05) is 62.4 Å². The van der Waals surface area contributed by atoms with E-state index in [-0.39, 0.29) is 17.7 Å². The molecule has 0 unspecified atom stereocenters. The zero-order chi connectivity index (χ0) is 19.8. The van der Waals surface area contributed by atoms with Gasteiger partial charge in [0.25, 0.3) is 11.1 Å². The molecule has 2 amide bonds. The van der Waals surface area contributed by atoms with Gasteiger partial charge >= 0.3 is 0 Å². The van der Waals surface area contributed by atoms with Gasteiger partial charge in [-0.2, -0.15) is 0 Å². The standard InChI is InChI=1S/C24H21NO2S/c1-15-11-16(2)21(17(3)12-15)13-22-23(26)25(24(27)28-22)14-19-9-6-8-18-7-4-5-10-20(18)19/h4-13H,14H2,1-3H3/b22-13+. The average Bonchev–Trinajstić information content (AvgIpc) is 2.92. The topological polar surface area (TPSA) is 37.4 Å². The highest BCUT2D eigenvalue weighted by molar-refractivity contribution is 8.18. The molecule has 0 radical (unpaired) electrons. The molecule has 0 atom stereocenters. The molecule has 0 aromatic heterocycles. The van der Waals surface area contributed by atoms with Crippen molar-refractivity contribution < 1.29 is 9.59 Å². The molecule has 1 saturated heterocycles. The lowest BCUT2D eigenvalue weighted by Crippen LogP contribution is -2.27. The van der Waals surface area contributed by atoms with E-state index < -0.39 is 0 Å². The number of fused-ring (bicyclic) bond motifs is 1. The van der Waals surface area contributed by atoms with Crippen LogP contribution in [-0.4, -0.2) is 16.0 Å². The number of thioether (sulfide) groups is 1. The molecule has 0 spiro atoms. The minimum Gasteiger partial charge on any atom is -0.268 e. The number of hydrogen-bond acceptors (Lipinski definition) is 3. The molecule has 4 rings (SSSR count). The maximum absolute atomic E-state index is 13.0. The summed E-state index contributed by atoms with van der Waals surface area (Å²) in [5.41, 5.74) is 5.40. The Morgan fingerprint density at radius 1 is 0.929 bits per heavy atom. The van der Waals surface area contributed by atoms with Crippen molar-refractivity contribution in [3.8, 4) is 0 Å². The molecule has 0 saturated carbocycles. The zero-order valence-electron chi connectivity index (χ0n) is 16.2. The Morgan fingerprint density at radius 3 is 2.36 bits per heavy atom. The van der Waals surface area contributed by atoms with E-state index in [1.54, 1.807) is 0 Å². The van der Waals surface area contributed by atoms with Gasteiger partial charge < -0.3 is 0 Å². The maximum atomic E-state index is 13.0. The number of amides is 2. The van der Waals surface area contributed by atoms with Gasteiger partial charge in [-0.1, -0.05) is 60.2 Å². The number of benzene rings is 3. The third-order valence-corrected chi connectivity index (χ3v) is 6.00. The van der Waals surface area contributed by atoms with Crippen LogP contribution in [-0.2, 0) is 11.3 Å². The summed E-state index contributed by atoms with van der Waals surface area (Å²) in [5.74, 6) is -0.220. The third-order valence-electron chi connectivity index (χ3n) is 5.10. The number of rotatable bonds is 3. The van der Waals surface area contributed by atoms with Crippen LogP contribution in [0.15, 0.2) is 59.5 Å². The van der Waals surface area contributed by atoms with Gasteiger partial charge in [-0.15, -0.1) is 0 Å². The summed E-state index contributed by atoms with van der Waals surface area (Å²) < 4.78 is 0. The second-order valence-corrected chi connectivity index (χ2v) is 8.21. The van der Waals surface area contributed by atoms with Crippen LogP contribution in [0.25, 0.3) is 16.8 Å². The fourth-order valence-corrected chi connectivity index (χ4v) is 4.61. The zero-order valence-corrected chi connectivity index (χ0v) is 17.0. The van der Waals surface area contributed by atoms with Crippen molar-refractivity contribution in [3.05, 3.63) is 87.3 Å². The van der Waals surface area contributed by atoms with Gasteiger partial charge in [-0.05, 0) is 71.6 Å². The summed E-state index contributed by atoms with van der Waals surface area (Å²) in [4.78, 5) is 27.4. The number of carbonyl (C=O) groups is 2. The molecule has 3 aromatic carbocycles. The summed E-state index contributed by atoms with van der Waals surface area (Å²) in [6.07, 6.45) is 1.86. The SMILES string of the molecule is Cc1cc(C)c(/C=C2/SC(=O)N(Cc3cccc4ccccc34)C2=O)c(C)c1. The molecule has 0 aliphatic carbocycles. The quantitative estimate of drug-likeness (QED) is 0.517. The summed E-state index contributed by atoms with van der Waals surface area (Å²) in [6, 6.07) is 18.2. The molecule has 0 bridgehead atoms. The van der Waals surface area contributed by atoms with Gasteiger partial charge in [0, 0.05) is 0 Å². The minimum absolute atomic E-state index is 0.216. The Kier molecular flexibility index (Phi) is 4.82. The maximum Gasteiger partial charge on any atom is 0.293 e. The van der Waals surface area contributed by atoms with Crippen molar-refractivity contribution in [2.45, 2.75) is 27.3 Å². The molecule has 1 fully saturated rings. The highest BCUT2D eigenvalue weighted by atomic mass is 32.2. The van der Waals surface area contributed by atoms with Crippen LogP contribution < -0.4 is 0 Å². The van der Waals surface area contributed by atoms with Gasteiger partial charge in [0.15, 0.2) is 0 Å². The highest BCUT2D eigenvalue weighted by Gasteiger charge is 2.35. The Balaban J connectivity index is 1.66. The summed E-state index contributed by atoms with van der Waals surface area (Å²) in [6.45, 7) is 6.41. The van der Waals surface area contributed by atoms with E-state index in [0.717, 1.165) is 44.8 Å². The van der Waals surface area contributed by atoms with Gasteiger partial charge in [0.05, 0.1) is 11.4 Å². The molecule has 0 N–H and O–H groups in total. The Hall–Kier alpha value is -2.85. The van der Waals surface area contributed by atoms with Crippen LogP contribution in [0.3, 0.4) is 0 Å². The van der Waals surface area contributed by atoms with Gasteiger partial charge in [0.1, 0.15) is 0 Å². The molecule has 140 valence electrons. The first-order chi connectivity index (χ1) is 13.4. The molecule has 1 aliphatic rings. The summed E-state index contributed by atoms with van der Waals surface area (Å²) in [5, 5.41) is 1.96. The molecular weight excluding hydrogens is 366 g/mol. The Morgan fingerprint density at radius 2 is 1.61 bits per heavy atom. The van der Waals surface area contributed by atoms with Crippen molar-refractivity contribution in [3.63, 3.8) is 0 Å². The van der Waals surface area contributed by atoms with Crippen LogP contribution in [0.5, 0.6) is 0 Å². The van der Waals surface area contributed by atoms with E-state index in [1.165, 1.54) is 10.5 Å². The van der Waals surface area contributed by atoms with Crippen molar-refractivity contribution in [2.75, 3.05) is 0 Å². The number of hydrogen-bond donors (Lipinski definition) is 0. The average molecular weight is 388 g/mol. The molecule has 28 heavy (non-hydrogen) atoms. The van der Waals surface area contributed by atoms with Crippen LogP contribution in [0.1, 0.15) is 27.8 Å². The lowest BCUT2D eigenvalue weighted by atomic mass is 9.99. The molecule has 4 heteroatoms. The predicted octanol–water partition coefficient (Wildman–Crippen LogP) is 6.00. The largest absolute Gasteiger partial charge is 0.293 e. The Labute approximate surface area is 169 Å². The van der Waals surface area contributed by atoms with Gasteiger partial charge in [-0.3, -0.25) is 14.5 Å². The van der Waals surface area contributed by atoms with E-state index in [2.05, 4.69) is 19.1 Å². The number of imide groups is 1. The number of nitrogens with zero attached hydrogens (tertiary/aromatic N) is 1. The van der Waals surface area contributed by atoms with E-state index in [0.29, 0.717) is 4.91 Å². The summed E-state index contributed by atoms with van der Waals surface area (Å²) >= 11 is 1.02. The van der Waals surface area contributed by atoms with Crippen LogP contribution >= 0.6 is 11.8 Å². The fraction of sp³-hybridized carbons (Fsp3) is 0.167. The normalized spacial score (nSPS) is 15.8. The number of carbonyl (C=O) groups excluding carboxylic acids is 2. The van der Waals surface area contributed by atoms with Crippen molar-refractivity contribution in [2.24, 2.45) is 0 Å². The first-order valence-electron chi connectivity index (χ1n) is 9.24. The van der Waals surface area contributed by atoms with E-state index in [9.17, 15) is 9.59 Å². The molecule has 1 heterocycles. The van der Waals surface area contributed by atoms with Crippen LogP contribution in [0.2, 0.25) is 0 Å². The van der Waals surface area contributed by atoms with Gasteiger partial charge in [0.2, 0.25) is 0 Å². The number of aryl methyl sites for hydroxylation is 3. The Bertz CT molecular complexity index is 1120. The fourth-order valence-electron chi connectivity index (χ4n) is 3.79. The van der Waals surface area contributed by atoms with Crippen molar-refractivity contribution in [1.29, 1.82) is 0 Å². The predicted molar refractivity (Wildman–Crippen MR) is 116 cm³/mol. The highest BCUT2D eigenvalue weighted by Crippen LogP contribution is 2.35. The molecular formula is C24H21NO2S.